The van der Waals surface area contributed by atoms with E-state index >= 15 is 0 Å². The summed E-state index contributed by atoms with van der Waals surface area (Å²) in [5.41, 5.74) is 5.84. The van der Waals surface area contributed by atoms with Gasteiger partial charge in [0.2, 0.25) is 12.6 Å². The summed E-state index contributed by atoms with van der Waals surface area (Å²) >= 11 is 0. The number of aliphatic hydroxyl groups excluding tert-OH is 1. The number of aliphatic hydroxyl groups is 1. The van der Waals surface area contributed by atoms with Crippen molar-refractivity contribution in [2.45, 2.75) is 143 Å². The third-order valence-electron chi connectivity index (χ3n) is 12.1. The zero-order valence-corrected chi connectivity index (χ0v) is 44.5. The maximum atomic E-state index is 12.4. The van der Waals surface area contributed by atoms with E-state index in [1.54, 1.807) is 33.1 Å². The van der Waals surface area contributed by atoms with Crippen LogP contribution in [-0.2, 0) is 57.8 Å². The fraction of sp³-hybridized carbons (Fsp3) is 0.615. The predicted octanol–water partition coefficient (Wildman–Crippen LogP) is 7.83. The van der Waals surface area contributed by atoms with E-state index in [9.17, 15) is 14.7 Å². The summed E-state index contributed by atoms with van der Waals surface area (Å²) in [6.07, 6.45) is 0.930. The molecule has 2 aliphatic rings. The Morgan fingerprint density at radius 3 is 1.59 bits per heavy atom. The highest BCUT2D eigenvalue weighted by atomic mass is 16.7. The lowest BCUT2D eigenvalue weighted by molar-refractivity contribution is -0.110. The summed E-state index contributed by atoms with van der Waals surface area (Å²) < 4.78 is 47.8. The number of alkyl carbamates (subject to hydrolysis) is 2. The Kier molecular flexibility index (Phi) is 20.7. The van der Waals surface area contributed by atoms with Gasteiger partial charge in [0.1, 0.15) is 53.8 Å². The molecule has 71 heavy (non-hydrogen) atoms. The monoisotopic (exact) mass is 993 g/mol. The second kappa shape index (κ2) is 25.9. The third-order valence-corrected chi connectivity index (χ3v) is 12.1. The number of nitrogens with one attached hydrogen (secondary N) is 2. The molecule has 2 amide bonds. The molecular weight excluding hydrogens is 913 g/mol. The first-order valence-corrected chi connectivity index (χ1v) is 24.3. The number of hydrogen-bond acceptors (Lipinski definition) is 15. The molecule has 0 saturated carbocycles. The number of ether oxygens (including phenoxy) is 8. The van der Waals surface area contributed by atoms with E-state index in [-0.39, 0.29) is 25.5 Å². The molecule has 0 spiro atoms. The van der Waals surface area contributed by atoms with Crippen molar-refractivity contribution in [2.75, 3.05) is 78.6 Å². The van der Waals surface area contributed by atoms with Gasteiger partial charge in [-0.15, -0.1) is 0 Å². The molecule has 0 radical (unpaired) electrons. The van der Waals surface area contributed by atoms with Crippen molar-refractivity contribution in [3.63, 3.8) is 0 Å². The minimum atomic E-state index is -0.978. The summed E-state index contributed by atoms with van der Waals surface area (Å²) in [5.74, 6) is 1.66. The fourth-order valence-corrected chi connectivity index (χ4v) is 9.11. The maximum Gasteiger partial charge on any atom is 0.407 e. The molecule has 3 atom stereocenters. The minimum absolute atomic E-state index is 0.0418. The number of amides is 2. The highest BCUT2D eigenvalue weighted by Crippen LogP contribution is 2.40. The lowest BCUT2D eigenvalue weighted by atomic mass is 9.95. The number of anilines is 2. The van der Waals surface area contributed by atoms with Crippen LogP contribution < -0.4 is 20.4 Å². The average molecular weight is 993 g/mol. The molecule has 2 fully saturated rings. The van der Waals surface area contributed by atoms with Crippen molar-refractivity contribution in [1.82, 2.24) is 30.2 Å². The van der Waals surface area contributed by atoms with Gasteiger partial charge >= 0.3 is 12.2 Å². The normalized spacial score (nSPS) is 17.0. The molecule has 6 rings (SSSR count). The quantitative estimate of drug-likeness (QED) is 0.0816. The molecule has 1 unspecified atom stereocenters. The second-order valence-corrected chi connectivity index (χ2v) is 20.0. The summed E-state index contributed by atoms with van der Waals surface area (Å²) in [6.45, 7) is 18.4. The van der Waals surface area contributed by atoms with Gasteiger partial charge in [-0.05, 0) is 103 Å². The number of nitrogens with zero attached hydrogens (tertiary/aromatic N) is 6. The first kappa shape index (κ1) is 56.6. The van der Waals surface area contributed by atoms with Crippen LogP contribution in [0.25, 0.3) is 0 Å². The van der Waals surface area contributed by atoms with Crippen molar-refractivity contribution in [2.24, 2.45) is 0 Å². The van der Waals surface area contributed by atoms with E-state index in [0.29, 0.717) is 36.6 Å². The van der Waals surface area contributed by atoms with Crippen LogP contribution in [0.5, 0.6) is 0 Å². The zero-order chi connectivity index (χ0) is 52.0. The van der Waals surface area contributed by atoms with Gasteiger partial charge in [-0.3, -0.25) is 0 Å². The van der Waals surface area contributed by atoms with E-state index in [0.717, 1.165) is 67.0 Å². The van der Waals surface area contributed by atoms with Crippen LogP contribution in [-0.4, -0.2) is 129 Å². The van der Waals surface area contributed by atoms with Gasteiger partial charge in [0.25, 0.3) is 0 Å². The Bertz CT molecular complexity index is 2310. The number of aryl methyl sites for hydroxylation is 2. The van der Waals surface area contributed by atoms with Gasteiger partial charge in [-0.1, -0.05) is 48.5 Å². The van der Waals surface area contributed by atoms with Crippen LogP contribution in [0.3, 0.4) is 0 Å². The molecule has 4 heterocycles. The van der Waals surface area contributed by atoms with Crippen LogP contribution in [0.1, 0.15) is 131 Å². The Balaban J connectivity index is 0.000000264. The number of carbonyl (C=O) groups is 2. The molecule has 2 aromatic heterocycles. The van der Waals surface area contributed by atoms with E-state index in [2.05, 4.69) is 39.5 Å². The molecule has 0 aliphatic carbocycles. The molecule has 2 aromatic carbocycles. The maximum absolute atomic E-state index is 12.4. The SMILES string of the molecule is COCn1nc(C(OC)OC)c(C(O)c2ccccc2C)c1N1CCC[C@@H](NC(=O)OC(C)(C)C)C1.COCn1nc(C(OC)OC)c(Cc2ccccc2C)c1N1CCC[C@@H](NC(=O)OC(C)(C)C)C1. The van der Waals surface area contributed by atoms with Crippen LogP contribution >= 0.6 is 0 Å². The van der Waals surface area contributed by atoms with Crippen LogP contribution in [0.15, 0.2) is 48.5 Å². The molecule has 394 valence electrons. The van der Waals surface area contributed by atoms with Crippen LogP contribution in [0.4, 0.5) is 21.2 Å². The molecule has 0 bridgehead atoms. The van der Waals surface area contributed by atoms with Crippen LogP contribution in [0, 0.1) is 13.8 Å². The predicted molar refractivity (Wildman–Crippen MR) is 270 cm³/mol. The third kappa shape index (κ3) is 15.4. The highest BCUT2D eigenvalue weighted by Gasteiger charge is 2.36. The standard InChI is InChI=1S/C26H40N4O6.C26H40N4O5/c1-17-11-8-9-13-19(17)22(31)20-21(24(34-6)35-7)28-30(16-33-5)23(20)29-14-10-12-18(15-29)27-25(32)36-26(2,3)4;1-18-11-8-9-12-19(18)15-21-22(24(33-6)34-7)28-30(17-32-5)23(21)29-14-10-13-20(16-29)27-25(31)35-26(2,3)4/h8-9,11,13,18,22,24,31H,10,12,14-16H2,1-7H3,(H,27,32);8-9,11-12,20,24H,10,13-17H2,1-7H3,(H,27,31)/t18-,22?;20-/m11/s1. The number of aromatic nitrogens is 4. The largest absolute Gasteiger partial charge is 0.444 e. The van der Waals surface area contributed by atoms with E-state index in [4.69, 9.17) is 48.1 Å². The van der Waals surface area contributed by atoms with Crippen molar-refractivity contribution in [1.29, 1.82) is 0 Å². The summed E-state index contributed by atoms with van der Waals surface area (Å²) in [4.78, 5) is 29.3. The number of benzene rings is 2. The molecule has 3 N–H and O–H groups in total. The van der Waals surface area contributed by atoms with Gasteiger partial charge in [0.15, 0.2) is 0 Å². The number of carbonyl (C=O) groups excluding carboxylic acids is 2. The van der Waals surface area contributed by atoms with Crippen molar-refractivity contribution in [3.05, 3.63) is 93.3 Å². The number of rotatable bonds is 18. The lowest BCUT2D eigenvalue weighted by Crippen LogP contribution is -2.49. The fourth-order valence-electron chi connectivity index (χ4n) is 9.11. The average Bonchev–Trinajstić information content (AvgIpc) is 3.85. The second-order valence-electron chi connectivity index (χ2n) is 20.0. The van der Waals surface area contributed by atoms with Crippen molar-refractivity contribution >= 4 is 23.8 Å². The first-order valence-electron chi connectivity index (χ1n) is 24.3. The first-order chi connectivity index (χ1) is 33.8. The number of piperidine rings is 2. The lowest BCUT2D eigenvalue weighted by Gasteiger charge is -2.36. The van der Waals surface area contributed by atoms with E-state index < -0.39 is 42.1 Å². The van der Waals surface area contributed by atoms with Crippen LogP contribution in [0.2, 0.25) is 0 Å². The molecule has 2 saturated heterocycles. The number of methoxy groups -OCH3 is 6. The molecule has 19 heteroatoms. The van der Waals surface area contributed by atoms with Crippen molar-refractivity contribution in [3.8, 4) is 0 Å². The van der Waals surface area contributed by atoms with Gasteiger partial charge in [-0.2, -0.15) is 10.2 Å². The molecule has 4 aromatic rings. The molecule has 2 aliphatic heterocycles. The Labute approximate surface area is 420 Å². The smallest absolute Gasteiger partial charge is 0.407 e. The summed E-state index contributed by atoms with van der Waals surface area (Å²) in [7, 11) is 9.55. The van der Waals surface area contributed by atoms with Gasteiger partial charge in [0, 0.05) is 92.9 Å². The van der Waals surface area contributed by atoms with E-state index in [1.165, 1.54) is 25.3 Å². The van der Waals surface area contributed by atoms with E-state index in [1.807, 2.05) is 89.5 Å². The van der Waals surface area contributed by atoms with Gasteiger partial charge < -0.3 is 63.4 Å². The van der Waals surface area contributed by atoms with Crippen molar-refractivity contribution < 1.29 is 52.6 Å². The number of hydrogen-bond donors (Lipinski definition) is 3. The summed E-state index contributed by atoms with van der Waals surface area (Å²) in [6, 6.07) is 15.9. The topological polar surface area (TPSA) is 194 Å². The van der Waals surface area contributed by atoms with Gasteiger partial charge in [-0.25, -0.2) is 19.0 Å². The van der Waals surface area contributed by atoms with Gasteiger partial charge in [0.05, 0.1) is 5.56 Å². The Morgan fingerprint density at radius 1 is 0.662 bits per heavy atom. The Hall–Kier alpha value is -5.28. The molecular formula is C52H80N8O11. The molecule has 19 nitrogen and oxygen atoms in total. The zero-order valence-electron chi connectivity index (χ0n) is 44.5. The highest BCUT2D eigenvalue weighted by molar-refractivity contribution is 5.69. The summed E-state index contributed by atoms with van der Waals surface area (Å²) in [5, 5.41) is 27.4. The minimum Gasteiger partial charge on any atom is -0.444 e. The Morgan fingerprint density at radius 2 is 1.11 bits per heavy atom.